The van der Waals surface area contributed by atoms with Gasteiger partial charge in [-0.2, -0.15) is 0 Å². The van der Waals surface area contributed by atoms with Crippen LogP contribution in [0.5, 0.6) is 0 Å². The van der Waals surface area contributed by atoms with E-state index in [0.29, 0.717) is 11.0 Å². The molecule has 13 heavy (non-hydrogen) atoms. The number of aliphatic hydroxyl groups excluding tert-OH is 1. The predicted octanol–water partition coefficient (Wildman–Crippen LogP) is -0.115. The van der Waals surface area contributed by atoms with Crippen LogP contribution in [0.1, 0.15) is 19.4 Å². The van der Waals surface area contributed by atoms with Crippen LogP contribution in [0, 0.1) is 0 Å². The number of aliphatic hydroxyl groups is 1. The Bertz CT molecular complexity index is 238. The van der Waals surface area contributed by atoms with E-state index in [1.54, 1.807) is 24.3 Å². The molecule has 0 aliphatic rings. The van der Waals surface area contributed by atoms with Gasteiger partial charge in [0.1, 0.15) is 0 Å². The van der Waals surface area contributed by atoms with Crippen molar-refractivity contribution in [3.63, 3.8) is 0 Å². The molecule has 0 aliphatic carbocycles. The van der Waals surface area contributed by atoms with Crippen molar-refractivity contribution in [2.24, 2.45) is 0 Å². The summed E-state index contributed by atoms with van der Waals surface area (Å²) in [6, 6.07) is 6.64. The monoisotopic (exact) mass is 182 g/mol. The molecule has 3 N–H and O–H groups in total. The number of benzene rings is 1. The number of hydrogen-bond acceptors (Lipinski definition) is 3. The van der Waals surface area contributed by atoms with Crippen LogP contribution in [0.2, 0.25) is 0 Å². The molecule has 0 spiro atoms. The van der Waals surface area contributed by atoms with Crippen LogP contribution in [0.3, 0.4) is 0 Å². The highest BCUT2D eigenvalue weighted by Gasteiger charge is 2.13. The van der Waals surface area contributed by atoms with Crippen LogP contribution in [0.4, 0.5) is 0 Å². The Morgan fingerprint density at radius 2 is 1.69 bits per heavy atom. The lowest BCUT2D eigenvalue weighted by molar-refractivity contribution is 0.282. The first-order valence-corrected chi connectivity index (χ1v) is 4.30. The Morgan fingerprint density at radius 3 is 2.08 bits per heavy atom. The van der Waals surface area contributed by atoms with E-state index in [1.165, 1.54) is 0 Å². The molecule has 0 aromatic heterocycles. The summed E-state index contributed by atoms with van der Waals surface area (Å²) in [5.74, 6) is 0. The Balaban J connectivity index is 0.000000671. The molecule has 0 aliphatic heterocycles. The summed E-state index contributed by atoms with van der Waals surface area (Å²) in [6.07, 6.45) is 0. The molecule has 72 valence electrons. The lowest BCUT2D eigenvalue weighted by atomic mass is 9.77. The third-order valence-corrected chi connectivity index (χ3v) is 1.50. The van der Waals surface area contributed by atoms with Crippen LogP contribution < -0.4 is 5.46 Å². The average molecular weight is 182 g/mol. The molecule has 3 nitrogen and oxygen atoms in total. The van der Waals surface area contributed by atoms with Gasteiger partial charge in [-0.1, -0.05) is 38.1 Å². The second-order valence-electron chi connectivity index (χ2n) is 2.23. The highest BCUT2D eigenvalue weighted by Crippen LogP contribution is 1.95. The van der Waals surface area contributed by atoms with Crippen molar-refractivity contribution < 1.29 is 15.2 Å². The maximum absolute atomic E-state index is 8.78. The first-order chi connectivity index (χ1) is 6.25. The van der Waals surface area contributed by atoms with E-state index in [9.17, 15) is 0 Å². The Morgan fingerprint density at radius 1 is 1.15 bits per heavy atom. The summed E-state index contributed by atoms with van der Waals surface area (Å²) in [6.45, 7) is 3.83. The summed E-state index contributed by atoms with van der Waals surface area (Å²) in [7, 11) is -1.50. The minimum absolute atomic E-state index is 0.173. The van der Waals surface area contributed by atoms with E-state index in [2.05, 4.69) is 0 Å². The van der Waals surface area contributed by atoms with Crippen molar-refractivity contribution in [3.05, 3.63) is 29.8 Å². The zero-order chi connectivity index (χ0) is 10.3. The van der Waals surface area contributed by atoms with Crippen LogP contribution in [0.25, 0.3) is 0 Å². The minimum atomic E-state index is -1.50. The van der Waals surface area contributed by atoms with E-state index >= 15 is 0 Å². The maximum atomic E-state index is 8.78. The summed E-state index contributed by atoms with van der Waals surface area (Å²) in [5, 5.41) is 26.3. The van der Waals surface area contributed by atoms with Gasteiger partial charge >= 0.3 is 7.12 Å². The molecule has 0 heterocycles. The predicted molar refractivity (Wildman–Crippen MR) is 53.5 cm³/mol. The van der Waals surface area contributed by atoms with Crippen molar-refractivity contribution in [3.8, 4) is 0 Å². The molecule has 0 atom stereocenters. The van der Waals surface area contributed by atoms with Crippen LogP contribution in [0.15, 0.2) is 24.3 Å². The molecule has 1 aromatic rings. The van der Waals surface area contributed by atoms with Crippen molar-refractivity contribution in [1.82, 2.24) is 0 Å². The van der Waals surface area contributed by atoms with Gasteiger partial charge in [0.15, 0.2) is 0 Å². The van der Waals surface area contributed by atoms with Gasteiger partial charge in [0.05, 0.1) is 6.61 Å². The lowest BCUT2D eigenvalue weighted by Gasteiger charge is -2.03. The molecule has 0 saturated carbocycles. The fraction of sp³-hybridized carbons (Fsp3) is 0.333. The average Bonchev–Trinajstić information content (AvgIpc) is 2.20. The number of rotatable bonds is 2. The first-order valence-electron chi connectivity index (χ1n) is 4.30. The molecule has 0 radical (unpaired) electrons. The van der Waals surface area contributed by atoms with E-state index in [4.69, 9.17) is 15.2 Å². The fourth-order valence-electron chi connectivity index (χ4n) is 0.930. The summed E-state index contributed by atoms with van der Waals surface area (Å²) in [5.41, 5.74) is 0.900. The second-order valence-corrected chi connectivity index (χ2v) is 2.23. The van der Waals surface area contributed by atoms with E-state index in [1.807, 2.05) is 13.8 Å². The molecule has 0 fully saturated rings. The number of hydrogen-bond donors (Lipinski definition) is 3. The van der Waals surface area contributed by atoms with Crippen molar-refractivity contribution in [2.75, 3.05) is 0 Å². The minimum Gasteiger partial charge on any atom is -0.423 e. The highest BCUT2D eigenvalue weighted by atomic mass is 16.4. The molecule has 1 aromatic carbocycles. The molecular formula is C9H15BO3. The van der Waals surface area contributed by atoms with Crippen molar-refractivity contribution >= 4 is 12.6 Å². The summed E-state index contributed by atoms with van der Waals surface area (Å²) in [4.78, 5) is 0. The zero-order valence-corrected chi connectivity index (χ0v) is 7.94. The third kappa shape index (κ3) is 3.59. The standard InChI is InChI=1S/C7H9BO3.C2H6/c9-5-6-3-1-2-4-7(6)8(10)11;1-2/h1-4,9-11H,5H2;1-2H3. The Kier molecular flexibility index (Phi) is 6.23. The zero-order valence-electron chi connectivity index (χ0n) is 7.94. The topological polar surface area (TPSA) is 60.7 Å². The molecular weight excluding hydrogens is 167 g/mol. The van der Waals surface area contributed by atoms with E-state index in [-0.39, 0.29) is 6.61 Å². The Hall–Kier alpha value is -0.835. The third-order valence-electron chi connectivity index (χ3n) is 1.50. The van der Waals surface area contributed by atoms with Gasteiger partial charge in [-0.25, -0.2) is 0 Å². The Labute approximate surface area is 78.8 Å². The van der Waals surface area contributed by atoms with Crippen LogP contribution >= 0.6 is 0 Å². The quantitative estimate of drug-likeness (QED) is 0.559. The maximum Gasteiger partial charge on any atom is 0.488 e. The SMILES string of the molecule is CC.OCc1ccccc1B(O)O. The van der Waals surface area contributed by atoms with Gasteiger partial charge in [0.25, 0.3) is 0 Å². The molecule has 0 bridgehead atoms. The first kappa shape index (κ1) is 12.2. The molecule has 0 amide bonds. The fourth-order valence-corrected chi connectivity index (χ4v) is 0.930. The van der Waals surface area contributed by atoms with Gasteiger partial charge < -0.3 is 15.2 Å². The van der Waals surface area contributed by atoms with Crippen molar-refractivity contribution in [2.45, 2.75) is 20.5 Å². The molecule has 1 rings (SSSR count). The second kappa shape index (κ2) is 6.66. The van der Waals surface area contributed by atoms with Crippen LogP contribution in [-0.2, 0) is 6.61 Å². The smallest absolute Gasteiger partial charge is 0.423 e. The van der Waals surface area contributed by atoms with E-state index in [0.717, 1.165) is 0 Å². The van der Waals surface area contributed by atoms with Crippen molar-refractivity contribution in [1.29, 1.82) is 0 Å². The molecule has 0 unspecified atom stereocenters. The highest BCUT2D eigenvalue weighted by molar-refractivity contribution is 6.59. The van der Waals surface area contributed by atoms with Gasteiger partial charge in [0.2, 0.25) is 0 Å². The van der Waals surface area contributed by atoms with Crippen LogP contribution in [-0.4, -0.2) is 22.3 Å². The lowest BCUT2D eigenvalue weighted by Crippen LogP contribution is -2.32. The normalized spacial score (nSPS) is 8.69. The van der Waals surface area contributed by atoms with Gasteiger partial charge in [0, 0.05) is 0 Å². The summed E-state index contributed by atoms with van der Waals surface area (Å²) >= 11 is 0. The van der Waals surface area contributed by atoms with Gasteiger partial charge in [-0.05, 0) is 11.0 Å². The molecule has 4 heteroatoms. The van der Waals surface area contributed by atoms with Gasteiger partial charge in [-0.15, -0.1) is 0 Å². The van der Waals surface area contributed by atoms with E-state index < -0.39 is 7.12 Å². The largest absolute Gasteiger partial charge is 0.488 e. The van der Waals surface area contributed by atoms with Gasteiger partial charge in [-0.3, -0.25) is 0 Å². The molecule has 0 saturated heterocycles. The summed E-state index contributed by atoms with van der Waals surface area (Å²) < 4.78 is 0.